The van der Waals surface area contributed by atoms with Gasteiger partial charge in [0.15, 0.2) is 5.60 Å². The molecule has 6 rings (SSSR count). The van der Waals surface area contributed by atoms with E-state index in [2.05, 4.69) is 20.8 Å². The third-order valence-electron chi connectivity index (χ3n) is 12.5. The van der Waals surface area contributed by atoms with Crippen LogP contribution in [-0.2, 0) is 4.74 Å². The molecule has 0 saturated heterocycles. The molecular formula is C27H41F3O2. The van der Waals surface area contributed by atoms with E-state index in [1.807, 2.05) is 7.11 Å². The maximum Gasteiger partial charge on any atom is 0.417 e. The van der Waals surface area contributed by atoms with Crippen LogP contribution < -0.4 is 0 Å². The van der Waals surface area contributed by atoms with E-state index >= 15 is 0 Å². The van der Waals surface area contributed by atoms with Crippen LogP contribution in [0.5, 0.6) is 0 Å². The van der Waals surface area contributed by atoms with E-state index in [4.69, 9.17) is 4.74 Å². The fraction of sp³-hybridized carbons (Fsp3) is 1.00. The Labute approximate surface area is 191 Å². The molecule has 32 heavy (non-hydrogen) atoms. The van der Waals surface area contributed by atoms with E-state index in [0.717, 1.165) is 24.7 Å². The Morgan fingerprint density at radius 1 is 0.938 bits per heavy atom. The number of hydrogen-bond donors (Lipinski definition) is 1. The van der Waals surface area contributed by atoms with Crippen LogP contribution in [0.25, 0.3) is 0 Å². The van der Waals surface area contributed by atoms with E-state index < -0.39 is 11.8 Å². The summed E-state index contributed by atoms with van der Waals surface area (Å²) in [5, 5.41) is 10.5. The molecule has 10 atom stereocenters. The molecular weight excluding hydrogens is 413 g/mol. The molecule has 0 amide bonds. The maximum absolute atomic E-state index is 13.6. The van der Waals surface area contributed by atoms with Crippen molar-refractivity contribution in [3.8, 4) is 0 Å². The van der Waals surface area contributed by atoms with E-state index in [9.17, 15) is 18.3 Å². The number of hydrogen-bond acceptors (Lipinski definition) is 2. The summed E-state index contributed by atoms with van der Waals surface area (Å²) < 4.78 is 46.6. The van der Waals surface area contributed by atoms with Crippen LogP contribution in [0.2, 0.25) is 0 Å². The van der Waals surface area contributed by atoms with Gasteiger partial charge in [0.05, 0.1) is 6.10 Å². The Hall–Kier alpha value is -0.290. The molecule has 1 N–H and O–H groups in total. The molecule has 0 aromatic rings. The quantitative estimate of drug-likeness (QED) is 0.520. The smallest absolute Gasteiger partial charge is 0.381 e. The highest BCUT2D eigenvalue weighted by Crippen LogP contribution is 3.02. The second-order valence-corrected chi connectivity index (χ2v) is 13.4. The van der Waals surface area contributed by atoms with Gasteiger partial charge in [-0.15, -0.1) is 0 Å². The standard InChI is InChI=1S/C27H41F3O2/c1-15(16(2)32-4)21-23(3)10-8-19-18-9-11-26(31,27(28,29)30)12-17(18)6-5-7-20(19)22(23)25-13-24(21,25)14-25/h15-22,31H,5-14H2,1-4H3/t15-,16-,17-,18+,19-,20+,21-,22+,23-,24?,25?,26-/m1/s1. The van der Waals surface area contributed by atoms with Crippen LogP contribution in [0.1, 0.15) is 85.0 Å². The molecule has 6 aliphatic rings. The zero-order valence-electron chi connectivity index (χ0n) is 20.2. The van der Waals surface area contributed by atoms with Gasteiger partial charge in [-0.05, 0) is 116 Å². The van der Waals surface area contributed by atoms with Gasteiger partial charge in [0, 0.05) is 7.11 Å². The minimum atomic E-state index is -4.50. The van der Waals surface area contributed by atoms with E-state index in [1.54, 1.807) is 0 Å². The highest BCUT2D eigenvalue weighted by molar-refractivity contribution is 5.43. The van der Waals surface area contributed by atoms with Crippen LogP contribution in [-0.4, -0.2) is 30.1 Å². The molecule has 0 aromatic heterocycles. The van der Waals surface area contributed by atoms with Crippen molar-refractivity contribution >= 4 is 0 Å². The van der Waals surface area contributed by atoms with Gasteiger partial charge in [-0.2, -0.15) is 13.2 Å². The Bertz CT molecular complexity index is 788. The number of fused-ring (bicyclic) bond motifs is 5. The number of methoxy groups -OCH3 is 1. The molecule has 0 radical (unpaired) electrons. The summed E-state index contributed by atoms with van der Waals surface area (Å²) in [5.41, 5.74) is -0.978. The number of halogens is 3. The average molecular weight is 455 g/mol. The Morgan fingerprint density at radius 2 is 1.62 bits per heavy atom. The van der Waals surface area contributed by atoms with Gasteiger partial charge in [0.2, 0.25) is 0 Å². The summed E-state index contributed by atoms with van der Waals surface area (Å²) in [6.07, 6.45) is 4.51. The molecule has 0 spiro atoms. The summed E-state index contributed by atoms with van der Waals surface area (Å²) in [6.45, 7) is 7.23. The molecule has 5 heteroatoms. The first kappa shape index (κ1) is 22.2. The minimum absolute atomic E-state index is 0.0417. The van der Waals surface area contributed by atoms with Crippen molar-refractivity contribution in [2.24, 2.45) is 57.7 Å². The highest BCUT2D eigenvalue weighted by Gasteiger charge is 2.96. The van der Waals surface area contributed by atoms with Crippen molar-refractivity contribution in [3.05, 3.63) is 0 Å². The highest BCUT2D eigenvalue weighted by atomic mass is 19.4. The molecule has 0 heterocycles. The van der Waals surface area contributed by atoms with Crippen LogP contribution in [0, 0.1) is 57.7 Å². The predicted molar refractivity (Wildman–Crippen MR) is 117 cm³/mol. The topological polar surface area (TPSA) is 29.5 Å². The first-order chi connectivity index (χ1) is 14.9. The van der Waals surface area contributed by atoms with E-state index in [0.29, 0.717) is 46.3 Å². The fourth-order valence-electron chi connectivity index (χ4n) is 11.2. The maximum atomic E-state index is 13.6. The lowest BCUT2D eigenvalue weighted by Gasteiger charge is -2.58. The summed E-state index contributed by atoms with van der Waals surface area (Å²) >= 11 is 0. The average Bonchev–Trinajstić information content (AvgIpc) is 3.53. The van der Waals surface area contributed by atoms with E-state index in [-0.39, 0.29) is 24.9 Å². The van der Waals surface area contributed by atoms with E-state index in [1.165, 1.54) is 32.1 Å². The molecule has 0 aromatic carbocycles. The van der Waals surface area contributed by atoms with Gasteiger partial charge < -0.3 is 9.84 Å². The molecule has 0 aliphatic heterocycles. The van der Waals surface area contributed by atoms with Crippen LogP contribution in [0.3, 0.4) is 0 Å². The lowest BCUT2D eigenvalue weighted by Crippen LogP contribution is -2.54. The monoisotopic (exact) mass is 454 g/mol. The SMILES string of the molecule is CO[C@H](C)[C@@H](C)[C@H]1C23CC2(C3)[C@H]2[C@H]3CCC[C@@H]4C[C@@](O)(C(F)(F)F)CC[C@@H]4[C@H]3CC[C@@]21C. The van der Waals surface area contributed by atoms with Crippen molar-refractivity contribution in [1.29, 1.82) is 0 Å². The first-order valence-corrected chi connectivity index (χ1v) is 13.3. The third kappa shape index (κ3) is 2.51. The summed E-state index contributed by atoms with van der Waals surface area (Å²) in [4.78, 5) is 0. The molecule has 0 unspecified atom stereocenters. The van der Waals surface area contributed by atoms with Gasteiger partial charge in [-0.1, -0.05) is 26.7 Å². The molecule has 6 aliphatic carbocycles. The second-order valence-electron chi connectivity index (χ2n) is 13.4. The van der Waals surface area contributed by atoms with Crippen molar-refractivity contribution in [2.75, 3.05) is 7.11 Å². The van der Waals surface area contributed by atoms with Gasteiger partial charge in [0.1, 0.15) is 0 Å². The predicted octanol–water partition coefficient (Wildman–Crippen LogP) is 6.61. The first-order valence-electron chi connectivity index (χ1n) is 13.3. The number of aliphatic hydroxyl groups is 1. The summed E-state index contributed by atoms with van der Waals surface area (Å²) in [7, 11) is 1.84. The lowest BCUT2D eigenvalue weighted by atomic mass is 9.47. The normalized spacial score (nSPS) is 57.8. The molecule has 6 saturated carbocycles. The van der Waals surface area contributed by atoms with Crippen LogP contribution >= 0.6 is 0 Å². The van der Waals surface area contributed by atoms with Crippen molar-refractivity contribution in [2.45, 2.75) is 103 Å². The number of alkyl halides is 3. The van der Waals surface area contributed by atoms with Gasteiger partial charge in [-0.25, -0.2) is 0 Å². The van der Waals surface area contributed by atoms with Crippen molar-refractivity contribution < 1.29 is 23.0 Å². The minimum Gasteiger partial charge on any atom is -0.381 e. The van der Waals surface area contributed by atoms with Gasteiger partial charge in [-0.3, -0.25) is 0 Å². The molecule has 2 nitrogen and oxygen atoms in total. The zero-order chi connectivity index (χ0) is 22.9. The number of rotatable bonds is 3. The van der Waals surface area contributed by atoms with Crippen molar-refractivity contribution in [1.82, 2.24) is 0 Å². The van der Waals surface area contributed by atoms with Crippen LogP contribution in [0.15, 0.2) is 0 Å². The third-order valence-corrected chi connectivity index (χ3v) is 12.5. The van der Waals surface area contributed by atoms with Crippen molar-refractivity contribution in [3.63, 3.8) is 0 Å². The summed E-state index contributed by atoms with van der Waals surface area (Å²) in [5.74, 6) is 3.73. The Kier molecular flexibility index (Phi) is 4.49. The second kappa shape index (κ2) is 6.47. The lowest BCUT2D eigenvalue weighted by molar-refractivity contribution is -0.279. The van der Waals surface area contributed by atoms with Gasteiger partial charge in [0.25, 0.3) is 0 Å². The fourth-order valence-corrected chi connectivity index (χ4v) is 11.2. The number of ether oxygens (including phenoxy) is 1. The van der Waals surface area contributed by atoms with Crippen LogP contribution in [0.4, 0.5) is 13.2 Å². The summed E-state index contributed by atoms with van der Waals surface area (Å²) in [6, 6.07) is 0. The molecule has 182 valence electrons. The van der Waals surface area contributed by atoms with Gasteiger partial charge >= 0.3 is 6.18 Å². The molecule has 6 fully saturated rings. The zero-order valence-corrected chi connectivity index (χ0v) is 20.2. The molecule has 0 bridgehead atoms. The Morgan fingerprint density at radius 3 is 2.28 bits per heavy atom. The largest absolute Gasteiger partial charge is 0.417 e. The Balaban J connectivity index is 1.29.